The van der Waals surface area contributed by atoms with Gasteiger partial charge in [0.15, 0.2) is 0 Å². The number of carbonyl (C=O) groups excluding carboxylic acids is 1. The summed E-state index contributed by atoms with van der Waals surface area (Å²) in [6, 6.07) is 18.0. The summed E-state index contributed by atoms with van der Waals surface area (Å²) in [7, 11) is -3.74. The van der Waals surface area contributed by atoms with Crippen LogP contribution in [0.1, 0.15) is 18.5 Å². The van der Waals surface area contributed by atoms with E-state index in [2.05, 4.69) is 33.5 Å². The van der Waals surface area contributed by atoms with E-state index in [0.717, 1.165) is 31.2 Å². The third-order valence-corrected chi connectivity index (χ3v) is 7.80. The lowest BCUT2D eigenvalue weighted by Crippen LogP contribution is -2.28. The van der Waals surface area contributed by atoms with E-state index in [4.69, 9.17) is 5.14 Å². The van der Waals surface area contributed by atoms with Crippen molar-refractivity contribution in [3.63, 3.8) is 0 Å². The Morgan fingerprint density at radius 2 is 1.84 bits per heavy atom. The van der Waals surface area contributed by atoms with Crippen LogP contribution in [0.5, 0.6) is 0 Å². The number of hydrogen-bond acceptors (Lipinski definition) is 7. The van der Waals surface area contributed by atoms with Crippen LogP contribution in [-0.2, 0) is 14.8 Å². The van der Waals surface area contributed by atoms with Crippen molar-refractivity contribution in [3.8, 4) is 10.4 Å². The zero-order valence-corrected chi connectivity index (χ0v) is 19.5. The van der Waals surface area contributed by atoms with Crippen LogP contribution in [0.4, 0.5) is 0 Å². The molecule has 2 aromatic carbocycles. The normalized spacial score (nSPS) is 12.6. The molecule has 1 atom stereocenters. The summed E-state index contributed by atoms with van der Waals surface area (Å²) < 4.78 is 22.8. The third-order valence-electron chi connectivity index (χ3n) is 4.78. The van der Waals surface area contributed by atoms with Crippen LogP contribution in [0.3, 0.4) is 0 Å². The molecule has 7 nitrogen and oxygen atoms in total. The van der Waals surface area contributed by atoms with Crippen LogP contribution in [0.2, 0.25) is 0 Å². The topological polar surface area (TPSA) is 115 Å². The van der Waals surface area contributed by atoms with Gasteiger partial charge in [0.1, 0.15) is 16.2 Å². The molecule has 2 heterocycles. The summed E-state index contributed by atoms with van der Waals surface area (Å²) in [5.74, 6) is 0.0469. The molecule has 0 bridgehead atoms. The molecule has 4 aromatic rings. The first kappa shape index (κ1) is 22.4. The summed E-state index contributed by atoms with van der Waals surface area (Å²) in [5, 5.41) is 9.73. The summed E-state index contributed by atoms with van der Waals surface area (Å²) in [4.78, 5) is 23.3. The number of amides is 1. The third kappa shape index (κ3) is 5.16. The molecule has 0 spiro atoms. The number of aromatic nitrogens is 2. The highest BCUT2D eigenvalue weighted by Gasteiger charge is 2.15. The fraction of sp³-hybridized carbons (Fsp3) is 0.136. The Kier molecular flexibility index (Phi) is 6.56. The molecule has 10 heteroatoms. The second-order valence-electron chi connectivity index (χ2n) is 7.07. The van der Waals surface area contributed by atoms with E-state index in [9.17, 15) is 13.2 Å². The lowest BCUT2D eigenvalue weighted by atomic mass is 10.1. The molecular weight excluding hydrogens is 464 g/mol. The second-order valence-corrected chi connectivity index (χ2v) is 10.6. The summed E-state index contributed by atoms with van der Waals surface area (Å²) in [6.07, 6.45) is 1.52. The number of nitrogens with one attached hydrogen (secondary N) is 1. The first-order valence-electron chi connectivity index (χ1n) is 9.66. The summed E-state index contributed by atoms with van der Waals surface area (Å²) >= 11 is 2.95. The predicted octanol–water partition coefficient (Wildman–Crippen LogP) is 3.98. The van der Waals surface area contributed by atoms with Crippen molar-refractivity contribution in [2.75, 3.05) is 5.75 Å². The number of thiophene rings is 1. The number of nitrogens with zero attached hydrogens (tertiary/aromatic N) is 2. The van der Waals surface area contributed by atoms with Gasteiger partial charge in [-0.05, 0) is 36.2 Å². The van der Waals surface area contributed by atoms with Gasteiger partial charge in [-0.3, -0.25) is 4.79 Å². The van der Waals surface area contributed by atoms with Gasteiger partial charge in [0.2, 0.25) is 15.9 Å². The van der Waals surface area contributed by atoms with E-state index in [-0.39, 0.29) is 22.6 Å². The maximum atomic E-state index is 12.5. The minimum Gasteiger partial charge on any atom is -0.349 e. The van der Waals surface area contributed by atoms with Crippen molar-refractivity contribution in [2.45, 2.75) is 22.9 Å². The fourth-order valence-electron chi connectivity index (χ4n) is 3.14. The number of sulfonamides is 1. The molecule has 0 aliphatic heterocycles. The molecule has 0 aliphatic carbocycles. The van der Waals surface area contributed by atoms with Crippen LogP contribution in [0, 0.1) is 0 Å². The lowest BCUT2D eigenvalue weighted by molar-refractivity contribution is -0.119. The standard InChI is InChI=1S/C22H20N4O3S3/c1-14(15-7-9-17(10-8-15)32(23,28)29)26-20(27)12-30-21-18-11-19(16-5-3-2-4-6-16)31-22(18)25-13-24-21/h2-11,13-14H,12H2,1H3,(H,26,27)(H2,23,28,29)/t14-/m0/s1. The molecule has 1 amide bonds. The smallest absolute Gasteiger partial charge is 0.238 e. The van der Waals surface area contributed by atoms with Gasteiger partial charge in [0.25, 0.3) is 0 Å². The molecule has 164 valence electrons. The van der Waals surface area contributed by atoms with E-state index in [1.54, 1.807) is 23.5 Å². The number of fused-ring (bicyclic) bond motifs is 1. The summed E-state index contributed by atoms with van der Waals surface area (Å²) in [5.41, 5.74) is 1.90. The minimum atomic E-state index is -3.74. The molecule has 2 aromatic heterocycles. The van der Waals surface area contributed by atoms with E-state index in [1.807, 2.05) is 25.1 Å². The maximum absolute atomic E-state index is 12.5. The Bertz CT molecular complexity index is 1350. The highest BCUT2D eigenvalue weighted by molar-refractivity contribution is 8.00. The number of hydrogen-bond donors (Lipinski definition) is 2. The largest absolute Gasteiger partial charge is 0.349 e. The molecule has 0 unspecified atom stereocenters. The minimum absolute atomic E-state index is 0.0359. The van der Waals surface area contributed by atoms with Crippen molar-refractivity contribution in [3.05, 3.63) is 72.6 Å². The average molecular weight is 485 g/mol. The Labute approximate surface area is 194 Å². The van der Waals surface area contributed by atoms with E-state index >= 15 is 0 Å². The van der Waals surface area contributed by atoms with Crippen LogP contribution < -0.4 is 10.5 Å². The molecule has 0 radical (unpaired) electrons. The Hall–Kier alpha value is -2.79. The van der Waals surface area contributed by atoms with Crippen molar-refractivity contribution < 1.29 is 13.2 Å². The fourth-order valence-corrected chi connectivity index (χ4v) is 5.51. The van der Waals surface area contributed by atoms with Gasteiger partial charge in [0, 0.05) is 10.3 Å². The monoisotopic (exact) mass is 484 g/mol. The first-order valence-corrected chi connectivity index (χ1v) is 13.0. The van der Waals surface area contributed by atoms with Crippen LogP contribution in [0.15, 0.2) is 76.9 Å². The lowest BCUT2D eigenvalue weighted by Gasteiger charge is -2.14. The zero-order valence-electron chi connectivity index (χ0n) is 17.1. The van der Waals surface area contributed by atoms with E-state index in [0.29, 0.717) is 0 Å². The molecule has 0 saturated heterocycles. The van der Waals surface area contributed by atoms with E-state index in [1.165, 1.54) is 30.2 Å². The van der Waals surface area contributed by atoms with Crippen molar-refractivity contribution >= 4 is 49.2 Å². The number of thioether (sulfide) groups is 1. The van der Waals surface area contributed by atoms with Gasteiger partial charge in [-0.15, -0.1) is 11.3 Å². The van der Waals surface area contributed by atoms with Gasteiger partial charge in [-0.1, -0.05) is 54.2 Å². The molecule has 4 rings (SSSR count). The molecule has 3 N–H and O–H groups in total. The number of primary sulfonamides is 1. The van der Waals surface area contributed by atoms with Gasteiger partial charge < -0.3 is 5.32 Å². The molecule has 0 aliphatic rings. The van der Waals surface area contributed by atoms with Crippen molar-refractivity contribution in [1.82, 2.24) is 15.3 Å². The first-order chi connectivity index (χ1) is 15.3. The van der Waals surface area contributed by atoms with Crippen molar-refractivity contribution in [2.24, 2.45) is 5.14 Å². The molecule has 32 heavy (non-hydrogen) atoms. The maximum Gasteiger partial charge on any atom is 0.238 e. The number of rotatable bonds is 7. The number of nitrogens with two attached hydrogens (primary N) is 1. The average Bonchev–Trinajstić information content (AvgIpc) is 3.23. The highest BCUT2D eigenvalue weighted by Crippen LogP contribution is 2.36. The predicted molar refractivity (Wildman–Crippen MR) is 128 cm³/mol. The van der Waals surface area contributed by atoms with Gasteiger partial charge in [-0.2, -0.15) is 0 Å². The van der Waals surface area contributed by atoms with Crippen LogP contribution >= 0.6 is 23.1 Å². The van der Waals surface area contributed by atoms with Gasteiger partial charge in [-0.25, -0.2) is 23.5 Å². The van der Waals surface area contributed by atoms with Gasteiger partial charge in [0.05, 0.1) is 16.7 Å². The Morgan fingerprint density at radius 1 is 1.12 bits per heavy atom. The Balaban J connectivity index is 1.42. The molecule has 0 fully saturated rings. The Morgan fingerprint density at radius 3 is 2.53 bits per heavy atom. The van der Waals surface area contributed by atoms with E-state index < -0.39 is 10.0 Å². The van der Waals surface area contributed by atoms with Crippen LogP contribution in [-0.4, -0.2) is 30.0 Å². The van der Waals surface area contributed by atoms with Crippen molar-refractivity contribution in [1.29, 1.82) is 0 Å². The molecule has 0 saturated carbocycles. The zero-order chi connectivity index (χ0) is 22.7. The molecular formula is C22H20N4O3S3. The highest BCUT2D eigenvalue weighted by atomic mass is 32.2. The van der Waals surface area contributed by atoms with Crippen LogP contribution in [0.25, 0.3) is 20.7 Å². The quantitative estimate of drug-likeness (QED) is 0.303. The number of carbonyl (C=O) groups is 1. The van der Waals surface area contributed by atoms with Gasteiger partial charge >= 0.3 is 0 Å². The summed E-state index contributed by atoms with van der Waals surface area (Å²) in [6.45, 7) is 1.84. The SMILES string of the molecule is C[C@H](NC(=O)CSc1ncnc2sc(-c3ccccc3)cc12)c1ccc(S(N)(=O)=O)cc1. The number of benzene rings is 2. The second kappa shape index (κ2) is 9.37.